The molecule has 0 saturated heterocycles. The fourth-order valence-electron chi connectivity index (χ4n) is 9.61. The first-order valence-corrected chi connectivity index (χ1v) is 16.1. The summed E-state index contributed by atoms with van der Waals surface area (Å²) in [6, 6.07) is 10.1. The Bertz CT molecular complexity index is 1770. The van der Waals surface area contributed by atoms with E-state index in [-0.39, 0.29) is 41.2 Å². The standard InChI is InChI=1S/C34H35FN4O3S/c1-32-16-19-18-37-39(22-8-6-21(35)7-9-22)26(19)14-20(32)5-10-23-24-11-12-34(42,33(24,2)17-27(40)30(23)32)28(41)15-29-38-25-4-3-13-36-31(25)43-29/h3-4,6-9,13-14,18,23-24,27,30,40,42H,5,10-12,15-17H2,1-2H3/t23?,24?,27?,30?,32?,33?,34-/m0/s1. The molecule has 8 rings (SSSR count). The Labute approximate surface area is 253 Å². The number of aliphatic hydroxyl groups is 2. The third-order valence-corrected chi connectivity index (χ3v) is 12.6. The number of Topliss-reactive ketones (excluding diaryl/α,β-unsaturated/α-hetero) is 1. The van der Waals surface area contributed by atoms with Gasteiger partial charge in [-0.25, -0.2) is 19.0 Å². The Morgan fingerprint density at radius 3 is 2.79 bits per heavy atom. The molecule has 7 atom stereocenters. The second-order valence-electron chi connectivity index (χ2n) is 13.7. The van der Waals surface area contributed by atoms with Crippen LogP contribution in [-0.4, -0.2) is 47.4 Å². The minimum Gasteiger partial charge on any atom is -0.393 e. The van der Waals surface area contributed by atoms with Crippen LogP contribution in [0.1, 0.15) is 62.2 Å². The average molecular weight is 599 g/mol. The average Bonchev–Trinajstić information content (AvgIpc) is 3.65. The van der Waals surface area contributed by atoms with E-state index in [1.54, 1.807) is 18.3 Å². The van der Waals surface area contributed by atoms with Gasteiger partial charge in [-0.1, -0.05) is 30.8 Å². The molecule has 4 aliphatic carbocycles. The number of carbonyl (C=O) groups is 1. The molecule has 2 N–H and O–H groups in total. The Balaban J connectivity index is 1.08. The molecule has 9 heteroatoms. The van der Waals surface area contributed by atoms with Gasteiger partial charge < -0.3 is 10.2 Å². The number of pyridine rings is 1. The topological polar surface area (TPSA) is 101 Å². The van der Waals surface area contributed by atoms with Crippen molar-refractivity contribution in [2.45, 2.75) is 70.5 Å². The molecule has 1 aromatic carbocycles. The summed E-state index contributed by atoms with van der Waals surface area (Å²) in [5.74, 6) is -0.0884. The van der Waals surface area contributed by atoms with Gasteiger partial charge in [0.2, 0.25) is 0 Å². The van der Waals surface area contributed by atoms with Crippen LogP contribution in [0, 0.1) is 34.4 Å². The molecule has 4 aliphatic rings. The normalized spacial score (nSPS) is 34.7. The number of ketones is 1. The monoisotopic (exact) mass is 598 g/mol. The number of halogens is 1. The lowest BCUT2D eigenvalue weighted by Gasteiger charge is -2.60. The highest BCUT2D eigenvalue weighted by Gasteiger charge is 2.68. The first-order chi connectivity index (χ1) is 20.6. The molecule has 43 heavy (non-hydrogen) atoms. The molecule has 0 amide bonds. The lowest BCUT2D eigenvalue weighted by atomic mass is 9.45. The Morgan fingerprint density at radius 2 is 2.00 bits per heavy atom. The van der Waals surface area contributed by atoms with Crippen LogP contribution < -0.4 is 0 Å². The number of aliphatic hydroxyl groups excluding tert-OH is 1. The van der Waals surface area contributed by atoms with Gasteiger partial charge in [0.1, 0.15) is 26.8 Å². The van der Waals surface area contributed by atoms with E-state index in [1.165, 1.54) is 29.0 Å². The zero-order valence-corrected chi connectivity index (χ0v) is 25.1. The van der Waals surface area contributed by atoms with Gasteiger partial charge in [0.25, 0.3) is 0 Å². The molecule has 4 aromatic rings. The van der Waals surface area contributed by atoms with Crippen molar-refractivity contribution in [2.24, 2.45) is 28.6 Å². The summed E-state index contributed by atoms with van der Waals surface area (Å²) in [6.07, 6.45) is 9.48. The van der Waals surface area contributed by atoms with E-state index >= 15 is 0 Å². The molecule has 0 bridgehead atoms. The molecule has 0 aliphatic heterocycles. The SMILES string of the molecule is CC12Cc3cnn(-c4ccc(F)cc4)c3C=C1CCC1C2C(O)CC2(C)C1CC[C@]2(O)C(=O)Cc1nc2cccnc2s1. The van der Waals surface area contributed by atoms with Crippen LogP contribution in [0.5, 0.6) is 0 Å². The maximum absolute atomic E-state index is 13.9. The molecule has 0 radical (unpaired) electrons. The highest BCUT2D eigenvalue weighted by Crippen LogP contribution is 2.67. The van der Waals surface area contributed by atoms with Gasteiger partial charge in [-0.05, 0) is 110 Å². The molecular weight excluding hydrogens is 563 g/mol. The molecule has 3 aromatic heterocycles. The largest absolute Gasteiger partial charge is 0.393 e. The van der Waals surface area contributed by atoms with E-state index in [4.69, 9.17) is 0 Å². The number of carbonyl (C=O) groups excluding carboxylic acids is 1. The van der Waals surface area contributed by atoms with Crippen molar-refractivity contribution in [3.05, 3.63) is 76.4 Å². The molecule has 6 unspecified atom stereocenters. The highest BCUT2D eigenvalue weighted by atomic mass is 32.1. The van der Waals surface area contributed by atoms with E-state index in [0.717, 1.165) is 53.0 Å². The van der Waals surface area contributed by atoms with Crippen LogP contribution in [0.2, 0.25) is 0 Å². The number of benzene rings is 1. The Hall–Kier alpha value is -3.27. The molecular formula is C34H35FN4O3S. The molecule has 3 fully saturated rings. The van der Waals surface area contributed by atoms with E-state index in [2.05, 4.69) is 28.1 Å². The fraction of sp³-hybridized carbons (Fsp3) is 0.471. The summed E-state index contributed by atoms with van der Waals surface area (Å²) in [7, 11) is 0. The van der Waals surface area contributed by atoms with Crippen LogP contribution in [0.25, 0.3) is 22.1 Å². The van der Waals surface area contributed by atoms with Gasteiger partial charge in [0, 0.05) is 11.6 Å². The number of hydrogen-bond donors (Lipinski definition) is 2. The number of aromatic nitrogens is 4. The van der Waals surface area contributed by atoms with Crippen LogP contribution in [0.3, 0.4) is 0 Å². The third-order valence-electron chi connectivity index (χ3n) is 11.6. The number of hydrogen-bond acceptors (Lipinski definition) is 7. The number of thiazole rings is 1. The molecule has 3 heterocycles. The lowest BCUT2D eigenvalue weighted by Crippen LogP contribution is -2.62. The van der Waals surface area contributed by atoms with Gasteiger partial charge >= 0.3 is 0 Å². The lowest BCUT2D eigenvalue weighted by molar-refractivity contribution is -0.179. The Kier molecular flexibility index (Phi) is 5.94. The van der Waals surface area contributed by atoms with Crippen molar-refractivity contribution in [3.63, 3.8) is 0 Å². The molecule has 0 spiro atoms. The fourth-order valence-corrected chi connectivity index (χ4v) is 10.5. The van der Waals surface area contributed by atoms with Crippen LogP contribution >= 0.6 is 11.3 Å². The number of nitrogens with zero attached hydrogens (tertiary/aromatic N) is 4. The number of fused-ring (bicyclic) bond motifs is 7. The van der Waals surface area contributed by atoms with Gasteiger partial charge in [-0.15, -0.1) is 0 Å². The predicted octanol–water partition coefficient (Wildman–Crippen LogP) is 5.71. The second kappa shape index (κ2) is 9.36. The van der Waals surface area contributed by atoms with E-state index in [1.807, 2.05) is 29.9 Å². The maximum Gasteiger partial charge on any atom is 0.171 e. The quantitative estimate of drug-likeness (QED) is 0.312. The summed E-state index contributed by atoms with van der Waals surface area (Å²) in [5, 5.41) is 29.5. The molecule has 7 nitrogen and oxygen atoms in total. The maximum atomic E-state index is 13.9. The third kappa shape index (κ3) is 3.83. The zero-order valence-electron chi connectivity index (χ0n) is 24.3. The molecule has 3 saturated carbocycles. The van der Waals surface area contributed by atoms with Crippen molar-refractivity contribution >= 4 is 33.5 Å². The van der Waals surface area contributed by atoms with E-state index in [9.17, 15) is 19.4 Å². The van der Waals surface area contributed by atoms with Crippen molar-refractivity contribution in [3.8, 4) is 5.69 Å². The Morgan fingerprint density at radius 1 is 1.19 bits per heavy atom. The minimum absolute atomic E-state index is 0.0284. The van der Waals surface area contributed by atoms with E-state index < -0.39 is 17.1 Å². The summed E-state index contributed by atoms with van der Waals surface area (Å²) < 4.78 is 15.5. The summed E-state index contributed by atoms with van der Waals surface area (Å²) >= 11 is 1.40. The minimum atomic E-state index is -1.50. The zero-order chi connectivity index (χ0) is 29.7. The summed E-state index contributed by atoms with van der Waals surface area (Å²) in [5.41, 5.74) is 2.62. The smallest absolute Gasteiger partial charge is 0.171 e. The van der Waals surface area contributed by atoms with Crippen LogP contribution in [0.4, 0.5) is 4.39 Å². The van der Waals surface area contributed by atoms with Crippen molar-refractivity contribution < 1.29 is 19.4 Å². The molecule has 222 valence electrons. The first-order valence-electron chi connectivity index (χ1n) is 15.3. The van der Waals surface area contributed by atoms with Gasteiger partial charge in [0.15, 0.2) is 5.78 Å². The predicted molar refractivity (Wildman–Crippen MR) is 162 cm³/mol. The van der Waals surface area contributed by atoms with Gasteiger partial charge in [-0.2, -0.15) is 5.10 Å². The highest BCUT2D eigenvalue weighted by molar-refractivity contribution is 7.18. The first kappa shape index (κ1) is 27.3. The number of allylic oxidation sites excluding steroid dienone is 1. The van der Waals surface area contributed by atoms with Crippen molar-refractivity contribution in [1.29, 1.82) is 0 Å². The summed E-state index contributed by atoms with van der Waals surface area (Å²) in [4.78, 5) is 23.6. The van der Waals surface area contributed by atoms with Gasteiger partial charge in [-0.3, -0.25) is 4.79 Å². The second-order valence-corrected chi connectivity index (χ2v) is 14.7. The van der Waals surface area contributed by atoms with E-state index in [0.29, 0.717) is 17.8 Å². The van der Waals surface area contributed by atoms with Gasteiger partial charge in [0.05, 0.1) is 30.1 Å². The summed E-state index contributed by atoms with van der Waals surface area (Å²) in [6.45, 7) is 4.33. The number of rotatable bonds is 4. The van der Waals surface area contributed by atoms with Crippen LogP contribution in [-0.2, 0) is 17.6 Å². The van der Waals surface area contributed by atoms with Crippen molar-refractivity contribution in [2.75, 3.05) is 0 Å². The van der Waals surface area contributed by atoms with Crippen molar-refractivity contribution in [1.82, 2.24) is 19.7 Å². The van der Waals surface area contributed by atoms with Crippen LogP contribution in [0.15, 0.2) is 54.4 Å².